The van der Waals surface area contributed by atoms with Gasteiger partial charge in [-0.05, 0) is 25.0 Å². The molecule has 1 aromatic rings. The van der Waals surface area contributed by atoms with Gasteiger partial charge in [-0.25, -0.2) is 0 Å². The van der Waals surface area contributed by atoms with Crippen molar-refractivity contribution in [1.29, 1.82) is 0 Å². The second-order valence-electron chi connectivity index (χ2n) is 4.37. The smallest absolute Gasteiger partial charge is 0.188 e. The van der Waals surface area contributed by atoms with Crippen molar-refractivity contribution in [2.75, 3.05) is 27.8 Å². The molecule has 1 aromatic carbocycles. The Balaban J connectivity index is 2.27. The molecule has 1 aliphatic rings. The fraction of sp³-hybridized carbons (Fsp3) is 0.500. The minimum absolute atomic E-state index is 0.0674. The molecule has 0 aromatic heterocycles. The first-order chi connectivity index (χ1) is 9.27. The molecule has 104 valence electrons. The van der Waals surface area contributed by atoms with Crippen molar-refractivity contribution in [3.63, 3.8) is 0 Å². The number of hydrogen-bond acceptors (Lipinski definition) is 5. The van der Waals surface area contributed by atoms with E-state index >= 15 is 0 Å². The van der Waals surface area contributed by atoms with Crippen molar-refractivity contribution in [2.45, 2.75) is 12.8 Å². The van der Waals surface area contributed by atoms with E-state index in [0.717, 1.165) is 12.8 Å². The van der Waals surface area contributed by atoms with Crippen LogP contribution >= 0.6 is 0 Å². The summed E-state index contributed by atoms with van der Waals surface area (Å²) < 4.78 is 20.6. The van der Waals surface area contributed by atoms with Crippen molar-refractivity contribution < 1.29 is 23.7 Å². The van der Waals surface area contributed by atoms with Crippen LogP contribution in [0.3, 0.4) is 0 Å². The van der Waals surface area contributed by atoms with Crippen molar-refractivity contribution in [3.8, 4) is 11.5 Å². The van der Waals surface area contributed by atoms with Crippen LogP contribution < -0.4 is 9.47 Å². The average Bonchev–Trinajstić information content (AvgIpc) is 3.26. The number of carbonyl (C=O) groups is 1. The third-order valence-corrected chi connectivity index (χ3v) is 2.85. The summed E-state index contributed by atoms with van der Waals surface area (Å²) >= 11 is 0. The molecule has 0 amide bonds. The van der Waals surface area contributed by atoms with Gasteiger partial charge in [-0.15, -0.1) is 0 Å². The summed E-state index contributed by atoms with van der Waals surface area (Å²) in [5.74, 6) is 1.15. The molecule has 0 saturated heterocycles. The van der Waals surface area contributed by atoms with Gasteiger partial charge in [-0.2, -0.15) is 0 Å². The van der Waals surface area contributed by atoms with E-state index in [2.05, 4.69) is 0 Å². The third kappa shape index (κ3) is 3.45. The molecule has 0 atom stereocenters. The quantitative estimate of drug-likeness (QED) is 0.533. The monoisotopic (exact) mass is 266 g/mol. The number of carbonyl (C=O) groups excluding carboxylic acids is 1. The number of methoxy groups -OCH3 is 2. The molecule has 2 rings (SSSR count). The first-order valence-corrected chi connectivity index (χ1v) is 6.18. The maximum absolute atomic E-state index is 12.3. The zero-order valence-corrected chi connectivity index (χ0v) is 11.2. The number of rotatable bonds is 8. The Hall–Kier alpha value is -1.59. The minimum Gasteiger partial charge on any atom is -0.467 e. The van der Waals surface area contributed by atoms with Gasteiger partial charge in [0.05, 0.1) is 0 Å². The molecule has 19 heavy (non-hydrogen) atoms. The lowest BCUT2D eigenvalue weighted by Crippen LogP contribution is -2.11. The topological polar surface area (TPSA) is 54.0 Å². The maximum atomic E-state index is 12.3. The first kappa shape index (κ1) is 13.8. The van der Waals surface area contributed by atoms with Crippen LogP contribution in [0.5, 0.6) is 11.5 Å². The van der Waals surface area contributed by atoms with E-state index in [1.54, 1.807) is 18.2 Å². The molecular weight excluding hydrogens is 248 g/mol. The molecule has 0 radical (unpaired) electrons. The van der Waals surface area contributed by atoms with Gasteiger partial charge in [-0.3, -0.25) is 4.79 Å². The number of ether oxygens (including phenoxy) is 4. The lowest BCUT2D eigenvalue weighted by molar-refractivity contribution is 0.0443. The van der Waals surface area contributed by atoms with E-state index in [1.165, 1.54) is 14.2 Å². The molecule has 5 nitrogen and oxygen atoms in total. The zero-order valence-electron chi connectivity index (χ0n) is 11.2. The summed E-state index contributed by atoms with van der Waals surface area (Å²) in [5, 5.41) is 0. The molecule has 1 fully saturated rings. The molecule has 5 heteroatoms. The largest absolute Gasteiger partial charge is 0.467 e. The fourth-order valence-electron chi connectivity index (χ4n) is 1.79. The molecule has 0 heterocycles. The zero-order chi connectivity index (χ0) is 13.7. The van der Waals surface area contributed by atoms with Crippen molar-refractivity contribution in [3.05, 3.63) is 23.8 Å². The van der Waals surface area contributed by atoms with E-state index in [9.17, 15) is 4.79 Å². The lowest BCUT2D eigenvalue weighted by atomic mass is 10.0. The van der Waals surface area contributed by atoms with Gasteiger partial charge in [0.25, 0.3) is 0 Å². The molecule has 1 saturated carbocycles. The Labute approximate surface area is 112 Å². The van der Waals surface area contributed by atoms with Gasteiger partial charge < -0.3 is 18.9 Å². The highest BCUT2D eigenvalue weighted by molar-refractivity contribution is 6.04. The predicted octanol–water partition coefficient (Wildman–Crippen LogP) is 2.24. The summed E-state index contributed by atoms with van der Waals surface area (Å²) in [5.41, 5.74) is 0.485. The number of Topliss-reactive ketones (excluding diaryl/α,β-unsaturated/α-hetero) is 1. The molecule has 0 spiro atoms. The maximum Gasteiger partial charge on any atom is 0.188 e. The standard InChI is InChI=1S/C14H18O5/c1-16-8-18-11-4-3-5-12(19-9-17-2)13(11)14(15)10-6-7-10/h3-5,10H,6-9H2,1-2H3. The Morgan fingerprint density at radius 3 is 2.05 bits per heavy atom. The van der Waals surface area contributed by atoms with Crippen LogP contribution in [-0.2, 0) is 9.47 Å². The highest BCUT2D eigenvalue weighted by atomic mass is 16.7. The summed E-state index contributed by atoms with van der Waals surface area (Å²) in [4.78, 5) is 12.3. The average molecular weight is 266 g/mol. The van der Waals surface area contributed by atoms with Crippen LogP contribution in [-0.4, -0.2) is 33.6 Å². The molecule has 1 aliphatic carbocycles. The number of hydrogen-bond donors (Lipinski definition) is 0. The Kier molecular flexibility index (Phi) is 4.76. The Morgan fingerprint density at radius 1 is 1.11 bits per heavy atom. The van der Waals surface area contributed by atoms with E-state index in [4.69, 9.17) is 18.9 Å². The van der Waals surface area contributed by atoms with Gasteiger partial charge in [0.1, 0.15) is 17.1 Å². The van der Waals surface area contributed by atoms with Crippen LogP contribution in [0, 0.1) is 5.92 Å². The van der Waals surface area contributed by atoms with Gasteiger partial charge in [0.2, 0.25) is 0 Å². The second-order valence-corrected chi connectivity index (χ2v) is 4.37. The van der Waals surface area contributed by atoms with Crippen LogP contribution in [0.2, 0.25) is 0 Å². The number of ketones is 1. The Bertz CT molecular complexity index is 413. The molecule has 0 aliphatic heterocycles. The van der Waals surface area contributed by atoms with Crippen LogP contribution in [0.4, 0.5) is 0 Å². The van der Waals surface area contributed by atoms with Crippen LogP contribution in [0.1, 0.15) is 23.2 Å². The van der Waals surface area contributed by atoms with E-state index in [0.29, 0.717) is 17.1 Å². The third-order valence-electron chi connectivity index (χ3n) is 2.85. The summed E-state index contributed by atoms with van der Waals surface area (Å²) in [6.45, 7) is 0.192. The molecule has 0 unspecified atom stereocenters. The highest BCUT2D eigenvalue weighted by Crippen LogP contribution is 2.39. The summed E-state index contributed by atoms with van der Waals surface area (Å²) in [6.07, 6.45) is 1.86. The van der Waals surface area contributed by atoms with Gasteiger partial charge in [0, 0.05) is 20.1 Å². The summed E-state index contributed by atoms with van der Waals surface area (Å²) in [7, 11) is 3.07. The molecule has 0 bridgehead atoms. The van der Waals surface area contributed by atoms with Crippen molar-refractivity contribution in [2.24, 2.45) is 5.92 Å². The lowest BCUT2D eigenvalue weighted by Gasteiger charge is -2.14. The summed E-state index contributed by atoms with van der Waals surface area (Å²) in [6, 6.07) is 5.27. The first-order valence-electron chi connectivity index (χ1n) is 6.18. The molecular formula is C14H18O5. The van der Waals surface area contributed by atoms with Gasteiger partial charge in [0.15, 0.2) is 19.4 Å². The van der Waals surface area contributed by atoms with Crippen LogP contribution in [0.25, 0.3) is 0 Å². The van der Waals surface area contributed by atoms with Crippen molar-refractivity contribution >= 4 is 5.78 Å². The van der Waals surface area contributed by atoms with E-state index < -0.39 is 0 Å². The predicted molar refractivity (Wildman–Crippen MR) is 68.5 cm³/mol. The normalized spacial score (nSPS) is 14.2. The van der Waals surface area contributed by atoms with E-state index in [1.807, 2.05) is 0 Å². The highest BCUT2D eigenvalue weighted by Gasteiger charge is 2.34. The number of benzene rings is 1. The molecule has 0 N–H and O–H groups in total. The second kappa shape index (κ2) is 6.54. The van der Waals surface area contributed by atoms with E-state index in [-0.39, 0.29) is 25.3 Å². The SMILES string of the molecule is COCOc1cccc(OCOC)c1C(=O)C1CC1. The van der Waals surface area contributed by atoms with Gasteiger partial charge in [-0.1, -0.05) is 6.07 Å². The Morgan fingerprint density at radius 2 is 1.63 bits per heavy atom. The fourth-order valence-corrected chi connectivity index (χ4v) is 1.79. The van der Waals surface area contributed by atoms with Crippen molar-refractivity contribution in [1.82, 2.24) is 0 Å². The van der Waals surface area contributed by atoms with Gasteiger partial charge >= 0.3 is 0 Å². The minimum atomic E-state index is 0.0674. The van der Waals surface area contributed by atoms with Crippen LogP contribution in [0.15, 0.2) is 18.2 Å².